The quantitative estimate of drug-likeness (QED) is 0.546. The van der Waals surface area contributed by atoms with Crippen molar-refractivity contribution >= 4 is 11.9 Å². The average Bonchev–Trinajstić information content (AvgIpc) is 3.07. The molecule has 0 unspecified atom stereocenters. The van der Waals surface area contributed by atoms with Gasteiger partial charge in [0.2, 0.25) is 6.79 Å². The highest BCUT2D eigenvalue weighted by Crippen LogP contribution is 2.46. The monoisotopic (exact) mass is 363 g/mol. The van der Waals surface area contributed by atoms with Crippen LogP contribution in [0.25, 0.3) is 0 Å². The van der Waals surface area contributed by atoms with Crippen molar-refractivity contribution in [2.75, 3.05) is 13.4 Å². The van der Waals surface area contributed by atoms with Crippen molar-refractivity contribution in [3.63, 3.8) is 0 Å². The lowest BCUT2D eigenvalue weighted by Crippen LogP contribution is -2.55. The number of carbonyl (C=O) groups is 2. The molecular weight excluding hydrogens is 342 g/mol. The fourth-order valence-corrected chi connectivity index (χ4v) is 4.14. The van der Waals surface area contributed by atoms with E-state index in [-0.39, 0.29) is 32.3 Å². The Morgan fingerprint density at radius 3 is 2.62 bits per heavy atom. The predicted molar refractivity (Wildman–Crippen MR) is 87.5 cm³/mol. The second-order valence-electron chi connectivity index (χ2n) is 6.84. The average molecular weight is 363 g/mol. The van der Waals surface area contributed by atoms with Crippen LogP contribution in [0.5, 0.6) is 11.5 Å². The second-order valence-corrected chi connectivity index (χ2v) is 6.84. The van der Waals surface area contributed by atoms with Crippen LogP contribution in [0.1, 0.15) is 36.8 Å². The van der Waals surface area contributed by atoms with Crippen molar-refractivity contribution < 1.29 is 34.0 Å². The first kappa shape index (κ1) is 17.1. The number of aliphatic hydroxyl groups excluding tert-OH is 2. The van der Waals surface area contributed by atoms with E-state index in [2.05, 4.69) is 0 Å². The Balaban J connectivity index is 1.73. The maximum absolute atomic E-state index is 12.6. The number of fused-ring (bicyclic) bond motifs is 4. The fourth-order valence-electron chi connectivity index (χ4n) is 4.14. The lowest BCUT2D eigenvalue weighted by Gasteiger charge is -2.47. The molecule has 1 amide bonds. The van der Waals surface area contributed by atoms with Gasteiger partial charge in [0.25, 0.3) is 0 Å². The molecule has 140 valence electrons. The number of rotatable bonds is 1. The van der Waals surface area contributed by atoms with Gasteiger partial charge in [-0.05, 0) is 43.0 Å². The Labute approximate surface area is 150 Å². The van der Waals surface area contributed by atoms with Gasteiger partial charge in [0.05, 0.1) is 18.8 Å². The summed E-state index contributed by atoms with van der Waals surface area (Å²) >= 11 is 0. The van der Waals surface area contributed by atoms with E-state index in [1.807, 2.05) is 12.1 Å². The van der Waals surface area contributed by atoms with Crippen molar-refractivity contribution in [1.29, 1.82) is 0 Å². The summed E-state index contributed by atoms with van der Waals surface area (Å²) in [4.78, 5) is 26.1. The predicted octanol–water partition coefficient (Wildman–Crippen LogP) is 0.288. The van der Waals surface area contributed by atoms with E-state index in [0.717, 1.165) is 11.1 Å². The normalized spacial score (nSPS) is 29.0. The molecule has 1 fully saturated rings. The topological polar surface area (TPSA) is 106 Å². The summed E-state index contributed by atoms with van der Waals surface area (Å²) in [7, 11) is 0. The summed E-state index contributed by atoms with van der Waals surface area (Å²) < 4.78 is 15.7. The van der Waals surface area contributed by atoms with Gasteiger partial charge in [-0.2, -0.15) is 0 Å². The van der Waals surface area contributed by atoms with E-state index < -0.39 is 30.1 Å². The maximum atomic E-state index is 12.6. The van der Waals surface area contributed by atoms with Crippen LogP contribution in [0.15, 0.2) is 12.1 Å². The molecule has 0 saturated heterocycles. The van der Waals surface area contributed by atoms with Crippen LogP contribution in [0.3, 0.4) is 0 Å². The maximum Gasteiger partial charge on any atom is 0.397 e. The molecule has 4 atom stereocenters. The van der Waals surface area contributed by atoms with Gasteiger partial charge in [-0.15, -0.1) is 0 Å². The van der Waals surface area contributed by atoms with Crippen molar-refractivity contribution in [3.8, 4) is 11.5 Å². The first-order chi connectivity index (χ1) is 12.5. The van der Waals surface area contributed by atoms with E-state index in [9.17, 15) is 19.8 Å². The number of esters is 1. The Hall–Kier alpha value is -2.32. The number of amides is 1. The van der Waals surface area contributed by atoms with E-state index in [4.69, 9.17) is 14.2 Å². The highest BCUT2D eigenvalue weighted by atomic mass is 16.7. The third-order valence-corrected chi connectivity index (χ3v) is 5.37. The van der Waals surface area contributed by atoms with Gasteiger partial charge in [0, 0.05) is 18.5 Å². The molecule has 2 aliphatic heterocycles. The largest absolute Gasteiger partial charge is 0.459 e. The molecule has 0 aromatic heterocycles. The Bertz CT molecular complexity index is 749. The van der Waals surface area contributed by atoms with E-state index in [0.29, 0.717) is 17.9 Å². The van der Waals surface area contributed by atoms with Crippen LogP contribution >= 0.6 is 0 Å². The van der Waals surface area contributed by atoms with Crippen LogP contribution in [-0.4, -0.2) is 58.6 Å². The highest BCUT2D eigenvalue weighted by molar-refractivity contribution is 6.32. The molecule has 2 N–H and O–H groups in total. The van der Waals surface area contributed by atoms with Crippen molar-refractivity contribution in [3.05, 3.63) is 23.3 Å². The van der Waals surface area contributed by atoms with Crippen LogP contribution in [-0.2, 0) is 20.9 Å². The summed E-state index contributed by atoms with van der Waals surface area (Å²) in [6.45, 7) is 2.11. The zero-order valence-electron chi connectivity index (χ0n) is 14.4. The number of aliphatic hydroxyl groups is 2. The Morgan fingerprint density at radius 1 is 1.19 bits per heavy atom. The number of benzene rings is 1. The standard InChI is InChI=1S/C18H21NO7/c1-2-24-18(23)17(22)19-7-9-3-15-16(26-8-25-15)5-10(9)11-4-13(20)14(21)6-12(11)19/h3,5,11-14,20-21H,2,4,6-8H2,1H3/t11-,12+,13+,14-/m0/s1. The lowest BCUT2D eigenvalue weighted by molar-refractivity contribution is -0.163. The SMILES string of the molecule is CCOC(=O)C(=O)N1Cc2cc3c(cc2[C@@H]2C[C@@H](O)[C@@H](O)C[C@H]21)OCO3. The highest BCUT2D eigenvalue weighted by Gasteiger charge is 2.46. The molecule has 1 aromatic rings. The van der Waals surface area contributed by atoms with Crippen LogP contribution in [0.4, 0.5) is 0 Å². The lowest BCUT2D eigenvalue weighted by atomic mass is 9.72. The van der Waals surface area contributed by atoms with Gasteiger partial charge in [0.1, 0.15) is 0 Å². The number of ether oxygens (including phenoxy) is 3. The summed E-state index contributed by atoms with van der Waals surface area (Å²) in [6.07, 6.45) is -1.33. The van der Waals surface area contributed by atoms with Crippen molar-refractivity contribution in [1.82, 2.24) is 4.90 Å². The zero-order chi connectivity index (χ0) is 18.4. The second kappa shape index (κ2) is 6.44. The number of nitrogens with zero attached hydrogens (tertiary/aromatic N) is 1. The molecule has 1 aromatic carbocycles. The Kier molecular flexibility index (Phi) is 4.24. The fraction of sp³-hybridized carbons (Fsp3) is 0.556. The third kappa shape index (κ3) is 2.69. The van der Waals surface area contributed by atoms with E-state index in [1.165, 1.54) is 4.90 Å². The number of hydrogen-bond acceptors (Lipinski definition) is 7. The number of carbonyl (C=O) groups excluding carboxylic acids is 2. The van der Waals surface area contributed by atoms with Crippen molar-refractivity contribution in [2.45, 2.75) is 50.5 Å². The molecule has 26 heavy (non-hydrogen) atoms. The molecule has 1 saturated carbocycles. The molecular formula is C18H21NO7. The van der Waals surface area contributed by atoms with Gasteiger partial charge in [-0.3, -0.25) is 4.79 Å². The van der Waals surface area contributed by atoms with Gasteiger partial charge in [-0.1, -0.05) is 0 Å². The third-order valence-electron chi connectivity index (χ3n) is 5.37. The van der Waals surface area contributed by atoms with Gasteiger partial charge >= 0.3 is 11.9 Å². The molecule has 0 bridgehead atoms. The minimum Gasteiger partial charge on any atom is -0.459 e. The molecule has 2 heterocycles. The summed E-state index contributed by atoms with van der Waals surface area (Å²) in [5.41, 5.74) is 1.80. The van der Waals surface area contributed by atoms with Gasteiger partial charge < -0.3 is 29.3 Å². The molecule has 1 aliphatic carbocycles. The molecule has 0 spiro atoms. The first-order valence-electron chi connectivity index (χ1n) is 8.75. The zero-order valence-corrected chi connectivity index (χ0v) is 14.4. The molecule has 4 rings (SSSR count). The van der Waals surface area contributed by atoms with Crippen molar-refractivity contribution in [2.24, 2.45) is 0 Å². The Morgan fingerprint density at radius 2 is 1.88 bits per heavy atom. The minimum absolute atomic E-state index is 0.114. The summed E-state index contributed by atoms with van der Waals surface area (Å²) in [5, 5.41) is 20.3. The van der Waals surface area contributed by atoms with E-state index in [1.54, 1.807) is 6.92 Å². The molecule has 0 radical (unpaired) electrons. The first-order valence-corrected chi connectivity index (χ1v) is 8.75. The smallest absolute Gasteiger partial charge is 0.397 e. The summed E-state index contributed by atoms with van der Waals surface area (Å²) in [6, 6.07) is 3.31. The molecule has 3 aliphatic rings. The van der Waals surface area contributed by atoms with Gasteiger partial charge in [-0.25, -0.2) is 4.79 Å². The van der Waals surface area contributed by atoms with Crippen LogP contribution < -0.4 is 9.47 Å². The minimum atomic E-state index is -0.940. The van der Waals surface area contributed by atoms with Crippen LogP contribution in [0, 0.1) is 0 Å². The van der Waals surface area contributed by atoms with E-state index >= 15 is 0 Å². The van der Waals surface area contributed by atoms with Gasteiger partial charge in [0.15, 0.2) is 11.5 Å². The summed E-state index contributed by atoms with van der Waals surface area (Å²) in [5.74, 6) is -0.606. The van der Waals surface area contributed by atoms with Crippen LogP contribution in [0.2, 0.25) is 0 Å². The molecule has 8 nitrogen and oxygen atoms in total. The molecule has 8 heteroatoms. The number of hydrogen-bond donors (Lipinski definition) is 2.